The minimum Gasteiger partial charge on any atom is -0.397 e. The second-order valence-electron chi connectivity index (χ2n) is 7.00. The Balaban J connectivity index is 1.50. The van der Waals surface area contributed by atoms with E-state index in [1.165, 1.54) is 6.92 Å². The molecule has 150 valence electrons. The summed E-state index contributed by atoms with van der Waals surface area (Å²) in [7, 11) is 0. The molecule has 0 spiro atoms. The van der Waals surface area contributed by atoms with Crippen molar-refractivity contribution in [1.82, 2.24) is 9.78 Å². The van der Waals surface area contributed by atoms with Crippen LogP contribution in [-0.4, -0.2) is 21.6 Å². The van der Waals surface area contributed by atoms with Crippen molar-refractivity contribution < 1.29 is 9.59 Å². The van der Waals surface area contributed by atoms with E-state index >= 15 is 0 Å². The van der Waals surface area contributed by atoms with Gasteiger partial charge in [-0.15, -0.1) is 0 Å². The molecule has 0 aliphatic heterocycles. The van der Waals surface area contributed by atoms with E-state index in [4.69, 9.17) is 5.73 Å². The van der Waals surface area contributed by atoms with Crippen LogP contribution in [0.1, 0.15) is 22.8 Å². The predicted octanol–water partition coefficient (Wildman–Crippen LogP) is 3.88. The third kappa shape index (κ3) is 4.15. The summed E-state index contributed by atoms with van der Waals surface area (Å²) in [5, 5.41) is 11.0. The number of aromatic nitrogens is 2. The van der Waals surface area contributed by atoms with Crippen LogP contribution in [-0.2, 0) is 11.3 Å². The lowest BCUT2D eigenvalue weighted by molar-refractivity contribution is -0.114. The Morgan fingerprint density at radius 3 is 2.50 bits per heavy atom. The molecule has 0 aliphatic rings. The molecule has 7 nitrogen and oxygen atoms in total. The number of nitrogens with zero attached hydrogens (tertiary/aromatic N) is 2. The second-order valence-corrected chi connectivity index (χ2v) is 7.00. The highest BCUT2D eigenvalue weighted by molar-refractivity contribution is 6.05. The molecule has 30 heavy (non-hydrogen) atoms. The van der Waals surface area contributed by atoms with Crippen molar-refractivity contribution in [3.05, 3.63) is 84.1 Å². The Kier molecular flexibility index (Phi) is 5.17. The molecule has 0 unspecified atom stereocenters. The molecule has 0 saturated heterocycles. The summed E-state index contributed by atoms with van der Waals surface area (Å²) in [5.41, 5.74) is 10.2. The summed E-state index contributed by atoms with van der Waals surface area (Å²) in [6.45, 7) is 2.02. The number of benzene rings is 3. The summed E-state index contributed by atoms with van der Waals surface area (Å²) >= 11 is 0. The molecule has 0 bridgehead atoms. The first-order chi connectivity index (χ1) is 14.5. The topological polar surface area (TPSA) is 102 Å². The van der Waals surface area contributed by atoms with Crippen LogP contribution < -0.4 is 16.4 Å². The van der Waals surface area contributed by atoms with Gasteiger partial charge in [0.1, 0.15) is 0 Å². The van der Waals surface area contributed by atoms with E-state index in [9.17, 15) is 9.59 Å². The molecule has 0 fully saturated rings. The Morgan fingerprint density at radius 2 is 1.77 bits per heavy atom. The van der Waals surface area contributed by atoms with Crippen molar-refractivity contribution in [2.75, 3.05) is 16.4 Å². The second kappa shape index (κ2) is 8.08. The minimum absolute atomic E-state index is 0.119. The van der Waals surface area contributed by atoms with E-state index in [0.29, 0.717) is 23.5 Å². The molecule has 1 aromatic heterocycles. The van der Waals surface area contributed by atoms with Gasteiger partial charge in [0.05, 0.1) is 29.6 Å². The number of nitrogens with two attached hydrogens (primary N) is 1. The van der Waals surface area contributed by atoms with Crippen molar-refractivity contribution in [2.24, 2.45) is 0 Å². The minimum atomic E-state index is -0.219. The Hall–Kier alpha value is -4.13. The maximum Gasteiger partial charge on any atom is 0.255 e. The number of para-hydroxylation sites is 2. The standard InChI is InChI=1S/C23H21N5O2/c1-15(29)26-19-11-10-18-13-25-28(22(18)12-19)14-16-6-8-17(9-7-16)23(30)27-21-5-3-2-4-20(21)24/h2-13H,14,24H2,1H3,(H,26,29)(H,27,30). The lowest BCUT2D eigenvalue weighted by Crippen LogP contribution is -2.13. The van der Waals surface area contributed by atoms with Crippen molar-refractivity contribution in [2.45, 2.75) is 13.5 Å². The largest absolute Gasteiger partial charge is 0.397 e. The van der Waals surface area contributed by atoms with Gasteiger partial charge in [0.25, 0.3) is 5.91 Å². The van der Waals surface area contributed by atoms with Gasteiger partial charge in [-0.1, -0.05) is 24.3 Å². The van der Waals surface area contributed by atoms with Crippen LogP contribution in [0, 0.1) is 0 Å². The summed E-state index contributed by atoms with van der Waals surface area (Å²) in [5.74, 6) is -0.338. The zero-order valence-electron chi connectivity index (χ0n) is 16.4. The number of rotatable bonds is 5. The Bertz CT molecular complexity index is 1230. The van der Waals surface area contributed by atoms with Gasteiger partial charge in [0.15, 0.2) is 0 Å². The van der Waals surface area contributed by atoms with Gasteiger partial charge in [0.2, 0.25) is 5.91 Å². The summed E-state index contributed by atoms with van der Waals surface area (Å²) in [6.07, 6.45) is 1.79. The highest BCUT2D eigenvalue weighted by atomic mass is 16.2. The van der Waals surface area contributed by atoms with Crippen LogP contribution >= 0.6 is 0 Å². The molecule has 3 aromatic carbocycles. The van der Waals surface area contributed by atoms with Crippen molar-refractivity contribution in [3.8, 4) is 0 Å². The van der Waals surface area contributed by atoms with Crippen molar-refractivity contribution in [1.29, 1.82) is 0 Å². The van der Waals surface area contributed by atoms with Crippen LogP contribution in [0.3, 0.4) is 0 Å². The number of carbonyl (C=O) groups excluding carboxylic acids is 2. The molecular formula is C23H21N5O2. The highest BCUT2D eigenvalue weighted by Gasteiger charge is 2.09. The quantitative estimate of drug-likeness (QED) is 0.443. The fourth-order valence-corrected chi connectivity index (χ4v) is 3.22. The number of anilines is 3. The van der Waals surface area contributed by atoms with E-state index in [1.54, 1.807) is 30.5 Å². The van der Waals surface area contributed by atoms with Crippen LogP contribution in [0.2, 0.25) is 0 Å². The molecule has 0 aliphatic carbocycles. The smallest absolute Gasteiger partial charge is 0.255 e. The molecule has 4 aromatic rings. The average Bonchev–Trinajstić information content (AvgIpc) is 3.12. The lowest BCUT2D eigenvalue weighted by atomic mass is 10.1. The first-order valence-electron chi connectivity index (χ1n) is 9.47. The number of nitrogen functional groups attached to an aromatic ring is 1. The van der Waals surface area contributed by atoms with E-state index in [-0.39, 0.29) is 11.8 Å². The molecule has 1 heterocycles. The Labute approximate surface area is 173 Å². The summed E-state index contributed by atoms with van der Waals surface area (Å²) in [4.78, 5) is 23.8. The molecule has 0 radical (unpaired) electrons. The summed E-state index contributed by atoms with van der Waals surface area (Å²) < 4.78 is 1.86. The number of hydrogen-bond donors (Lipinski definition) is 3. The molecule has 2 amide bonds. The van der Waals surface area contributed by atoms with Gasteiger partial charge in [-0.25, -0.2) is 0 Å². The first-order valence-corrected chi connectivity index (χ1v) is 9.47. The number of carbonyl (C=O) groups is 2. The number of nitrogens with one attached hydrogen (secondary N) is 2. The van der Waals surface area contributed by atoms with Crippen molar-refractivity contribution >= 4 is 39.8 Å². The predicted molar refractivity (Wildman–Crippen MR) is 118 cm³/mol. The monoisotopic (exact) mass is 399 g/mol. The average molecular weight is 399 g/mol. The number of amides is 2. The normalized spacial score (nSPS) is 10.7. The summed E-state index contributed by atoms with van der Waals surface area (Å²) in [6, 6.07) is 20.2. The van der Waals surface area contributed by atoms with Gasteiger partial charge < -0.3 is 16.4 Å². The van der Waals surface area contributed by atoms with Crippen LogP contribution in [0.4, 0.5) is 17.1 Å². The molecule has 0 atom stereocenters. The Morgan fingerprint density at radius 1 is 1.00 bits per heavy atom. The zero-order chi connectivity index (χ0) is 21.1. The molecule has 0 saturated carbocycles. The van der Waals surface area contributed by atoms with Crippen LogP contribution in [0.5, 0.6) is 0 Å². The van der Waals surface area contributed by atoms with Crippen LogP contribution in [0.15, 0.2) is 72.9 Å². The highest BCUT2D eigenvalue weighted by Crippen LogP contribution is 2.21. The van der Waals surface area contributed by atoms with Gasteiger partial charge >= 0.3 is 0 Å². The van der Waals surface area contributed by atoms with Gasteiger partial charge in [0, 0.05) is 23.6 Å². The third-order valence-electron chi connectivity index (χ3n) is 4.72. The SMILES string of the molecule is CC(=O)Nc1ccc2cnn(Cc3ccc(C(=O)Nc4ccccc4N)cc3)c2c1. The van der Waals surface area contributed by atoms with E-state index in [1.807, 2.05) is 47.1 Å². The van der Waals surface area contributed by atoms with Gasteiger partial charge in [-0.3, -0.25) is 14.3 Å². The molecule has 7 heteroatoms. The van der Waals surface area contributed by atoms with Crippen LogP contribution in [0.25, 0.3) is 10.9 Å². The van der Waals surface area contributed by atoms with E-state index in [0.717, 1.165) is 22.2 Å². The lowest BCUT2D eigenvalue weighted by Gasteiger charge is -2.09. The molecular weight excluding hydrogens is 378 g/mol. The number of fused-ring (bicyclic) bond motifs is 1. The van der Waals surface area contributed by atoms with E-state index in [2.05, 4.69) is 15.7 Å². The third-order valence-corrected chi connectivity index (χ3v) is 4.72. The number of hydrogen-bond acceptors (Lipinski definition) is 4. The fourth-order valence-electron chi connectivity index (χ4n) is 3.22. The molecule has 4 rings (SSSR count). The molecule has 4 N–H and O–H groups in total. The van der Waals surface area contributed by atoms with Gasteiger partial charge in [-0.2, -0.15) is 5.10 Å². The van der Waals surface area contributed by atoms with Crippen molar-refractivity contribution in [3.63, 3.8) is 0 Å². The zero-order valence-corrected chi connectivity index (χ0v) is 16.4. The fraction of sp³-hybridized carbons (Fsp3) is 0.0870. The maximum atomic E-state index is 12.5. The van der Waals surface area contributed by atoms with E-state index < -0.39 is 0 Å². The first kappa shape index (κ1) is 19.2. The van der Waals surface area contributed by atoms with Gasteiger partial charge in [-0.05, 0) is 48.0 Å². The maximum absolute atomic E-state index is 12.5.